The van der Waals surface area contributed by atoms with Gasteiger partial charge in [-0.05, 0) is 41.5 Å². The summed E-state index contributed by atoms with van der Waals surface area (Å²) in [4.78, 5) is 3.76. The molecule has 0 bridgehead atoms. The molecule has 142 valence electrons. The number of aryl methyl sites for hydroxylation is 2. The Morgan fingerprint density at radius 1 is 0.867 bits per heavy atom. The number of fused-ring (bicyclic) bond motifs is 6. The lowest BCUT2D eigenvalue weighted by Gasteiger charge is -1.97. The molecular formula is C26H17N2O2+. The fourth-order valence-electron chi connectivity index (χ4n) is 4.34. The zero-order valence-electron chi connectivity index (χ0n) is 16.6. The molecule has 0 N–H and O–H groups in total. The van der Waals surface area contributed by atoms with Crippen molar-refractivity contribution in [2.75, 3.05) is 0 Å². The van der Waals surface area contributed by atoms with Gasteiger partial charge in [-0.25, -0.2) is 4.85 Å². The maximum absolute atomic E-state index is 7.72. The Bertz CT molecular complexity index is 1680. The maximum Gasteiger partial charge on any atom is 0.381 e. The Morgan fingerprint density at radius 3 is 2.37 bits per heavy atom. The quantitative estimate of drug-likeness (QED) is 0.228. The molecule has 0 aliphatic carbocycles. The van der Waals surface area contributed by atoms with E-state index in [0.717, 1.165) is 55.2 Å². The van der Waals surface area contributed by atoms with Crippen LogP contribution in [-0.4, -0.2) is 0 Å². The van der Waals surface area contributed by atoms with E-state index in [-0.39, 0.29) is 0 Å². The maximum atomic E-state index is 7.72. The van der Waals surface area contributed by atoms with E-state index in [9.17, 15) is 0 Å². The van der Waals surface area contributed by atoms with Crippen LogP contribution < -0.4 is 4.57 Å². The molecule has 0 saturated heterocycles. The second-order valence-electron chi connectivity index (χ2n) is 7.64. The second-order valence-corrected chi connectivity index (χ2v) is 7.64. The minimum Gasteiger partial charge on any atom is -0.467 e. The first-order valence-electron chi connectivity index (χ1n) is 9.79. The molecule has 2 aromatic heterocycles. The first-order valence-corrected chi connectivity index (χ1v) is 9.79. The van der Waals surface area contributed by atoms with Gasteiger partial charge in [0.2, 0.25) is 16.8 Å². The van der Waals surface area contributed by atoms with Crippen LogP contribution in [0.25, 0.3) is 60.1 Å². The molecule has 0 unspecified atom stereocenters. The fraction of sp³-hybridized carbons (Fsp3) is 0.0769. The van der Waals surface area contributed by atoms with Crippen molar-refractivity contribution in [3.63, 3.8) is 0 Å². The van der Waals surface area contributed by atoms with Crippen molar-refractivity contribution in [1.29, 1.82) is 0 Å². The van der Waals surface area contributed by atoms with E-state index in [1.807, 2.05) is 48.0 Å². The molecule has 30 heavy (non-hydrogen) atoms. The molecule has 4 aromatic carbocycles. The molecule has 0 amide bonds. The number of aromatic nitrogens is 1. The zero-order chi connectivity index (χ0) is 20.4. The van der Waals surface area contributed by atoms with Gasteiger partial charge >= 0.3 is 5.89 Å². The SMILES string of the molecule is [C-]#[N+]c1cc2c(oc(-c3ccccc3C)[n+]2C)c2c1oc1cc3ccccc3cc12. The van der Waals surface area contributed by atoms with Gasteiger partial charge in [-0.2, -0.15) is 4.57 Å². The molecule has 4 nitrogen and oxygen atoms in total. The first-order chi connectivity index (χ1) is 14.7. The van der Waals surface area contributed by atoms with Crippen molar-refractivity contribution < 1.29 is 13.4 Å². The Hall–Kier alpha value is -4.10. The van der Waals surface area contributed by atoms with Gasteiger partial charge in [-0.3, -0.25) is 0 Å². The van der Waals surface area contributed by atoms with Crippen molar-refractivity contribution >= 4 is 49.5 Å². The van der Waals surface area contributed by atoms with Gasteiger partial charge in [0.15, 0.2) is 0 Å². The number of furan rings is 1. The third-order valence-electron chi connectivity index (χ3n) is 5.88. The van der Waals surface area contributed by atoms with Crippen molar-refractivity contribution in [3.8, 4) is 11.5 Å². The summed E-state index contributed by atoms with van der Waals surface area (Å²) in [5.41, 5.74) is 5.62. The summed E-state index contributed by atoms with van der Waals surface area (Å²) in [5.74, 6) is 0.765. The zero-order valence-corrected chi connectivity index (χ0v) is 16.6. The molecular weight excluding hydrogens is 372 g/mol. The molecule has 0 spiro atoms. The smallest absolute Gasteiger partial charge is 0.381 e. The van der Waals surface area contributed by atoms with E-state index in [2.05, 4.69) is 42.1 Å². The predicted octanol–water partition coefficient (Wildman–Crippen LogP) is 6.84. The van der Waals surface area contributed by atoms with Crippen molar-refractivity contribution in [2.24, 2.45) is 7.05 Å². The van der Waals surface area contributed by atoms with Crippen LogP contribution >= 0.6 is 0 Å². The second kappa shape index (κ2) is 5.95. The summed E-state index contributed by atoms with van der Waals surface area (Å²) in [7, 11) is 1.98. The van der Waals surface area contributed by atoms with Crippen LogP contribution in [0.4, 0.5) is 5.69 Å². The largest absolute Gasteiger partial charge is 0.467 e. The Kier molecular flexibility index (Phi) is 3.33. The minimum absolute atomic E-state index is 0.491. The van der Waals surface area contributed by atoms with E-state index < -0.39 is 0 Å². The fourth-order valence-corrected chi connectivity index (χ4v) is 4.34. The van der Waals surface area contributed by atoms with Gasteiger partial charge in [-0.15, -0.1) is 0 Å². The lowest BCUT2D eigenvalue weighted by atomic mass is 10.1. The van der Waals surface area contributed by atoms with Gasteiger partial charge in [0.25, 0.3) is 0 Å². The van der Waals surface area contributed by atoms with Crippen molar-refractivity contribution in [3.05, 3.63) is 83.7 Å². The van der Waals surface area contributed by atoms with Gasteiger partial charge < -0.3 is 8.83 Å². The topological polar surface area (TPSA) is 34.5 Å². The van der Waals surface area contributed by atoms with Crippen LogP contribution in [0, 0.1) is 13.5 Å². The third-order valence-corrected chi connectivity index (χ3v) is 5.88. The number of rotatable bonds is 1. The summed E-state index contributed by atoms with van der Waals surface area (Å²) < 4.78 is 14.7. The van der Waals surface area contributed by atoms with E-state index in [4.69, 9.17) is 15.4 Å². The van der Waals surface area contributed by atoms with Crippen LogP contribution in [-0.2, 0) is 7.05 Å². The number of nitrogens with zero attached hydrogens (tertiary/aromatic N) is 2. The van der Waals surface area contributed by atoms with Crippen LogP contribution in [0.3, 0.4) is 0 Å². The van der Waals surface area contributed by atoms with Crippen molar-refractivity contribution in [1.82, 2.24) is 0 Å². The van der Waals surface area contributed by atoms with E-state index >= 15 is 0 Å². The number of oxazole rings is 1. The third kappa shape index (κ3) is 2.18. The van der Waals surface area contributed by atoms with Gasteiger partial charge in [0, 0.05) is 11.5 Å². The highest BCUT2D eigenvalue weighted by atomic mass is 16.4. The molecule has 0 radical (unpaired) electrons. The Morgan fingerprint density at radius 2 is 1.60 bits per heavy atom. The molecule has 4 heteroatoms. The first kappa shape index (κ1) is 16.8. The van der Waals surface area contributed by atoms with E-state index in [1.54, 1.807) is 0 Å². The highest BCUT2D eigenvalue weighted by molar-refractivity contribution is 6.21. The Balaban J connectivity index is 1.81. The molecule has 6 rings (SSSR count). The van der Waals surface area contributed by atoms with Gasteiger partial charge in [0.05, 0.1) is 17.5 Å². The van der Waals surface area contributed by atoms with Crippen molar-refractivity contribution in [2.45, 2.75) is 6.92 Å². The monoisotopic (exact) mass is 389 g/mol. The van der Waals surface area contributed by atoms with Crippen LogP contribution in [0.1, 0.15) is 5.56 Å². The number of hydrogen-bond acceptors (Lipinski definition) is 2. The molecule has 6 aromatic rings. The average molecular weight is 389 g/mol. The standard InChI is InChI=1S/C26H17N2O2/c1-15-8-4-7-11-18(15)26-28(3)21-14-20(27-2)24-23(25(21)30-26)19-12-16-9-5-6-10-17(16)13-22(19)29-24/h4-14H,1,3H3/q+1. The molecule has 2 heterocycles. The lowest BCUT2D eigenvalue weighted by molar-refractivity contribution is -0.637. The van der Waals surface area contributed by atoms with E-state index in [1.165, 1.54) is 0 Å². The number of benzene rings is 4. The molecule has 0 saturated carbocycles. The summed E-state index contributed by atoms with van der Waals surface area (Å²) in [6.45, 7) is 9.79. The summed E-state index contributed by atoms with van der Waals surface area (Å²) in [6.07, 6.45) is 0. The predicted molar refractivity (Wildman–Crippen MR) is 119 cm³/mol. The lowest BCUT2D eigenvalue weighted by Crippen LogP contribution is -2.28. The highest BCUT2D eigenvalue weighted by Gasteiger charge is 2.28. The molecule has 0 aliphatic heterocycles. The normalized spacial score (nSPS) is 11.6. The van der Waals surface area contributed by atoms with Crippen LogP contribution in [0.15, 0.2) is 75.6 Å². The summed E-state index contributed by atoms with van der Waals surface area (Å²) >= 11 is 0. The number of hydrogen-bond donors (Lipinski definition) is 0. The Labute approximate surface area is 172 Å². The highest BCUT2D eigenvalue weighted by Crippen LogP contribution is 2.42. The van der Waals surface area contributed by atoms with Gasteiger partial charge in [0.1, 0.15) is 18.2 Å². The average Bonchev–Trinajstić information content (AvgIpc) is 3.29. The van der Waals surface area contributed by atoms with Crippen LogP contribution in [0.5, 0.6) is 0 Å². The molecule has 0 atom stereocenters. The van der Waals surface area contributed by atoms with Crippen LogP contribution in [0.2, 0.25) is 0 Å². The molecule has 0 fully saturated rings. The minimum atomic E-state index is 0.491. The van der Waals surface area contributed by atoms with Gasteiger partial charge in [-0.1, -0.05) is 42.5 Å². The molecule has 0 aliphatic rings. The summed E-state index contributed by atoms with van der Waals surface area (Å²) in [6, 6.07) is 22.4. The van der Waals surface area contributed by atoms with E-state index in [0.29, 0.717) is 11.3 Å². The summed E-state index contributed by atoms with van der Waals surface area (Å²) in [5, 5.41) is 4.05.